The Morgan fingerprint density at radius 2 is 1.91 bits per heavy atom. The Kier molecular flexibility index (Phi) is 6.27. The predicted octanol–water partition coefficient (Wildman–Crippen LogP) is 3.59. The molecule has 33 heavy (non-hydrogen) atoms. The monoisotopic (exact) mass is 443 g/mol. The first kappa shape index (κ1) is 21.1. The number of nitrogens with zero attached hydrogens (tertiary/aromatic N) is 3. The van der Waals surface area contributed by atoms with Crippen molar-refractivity contribution in [2.75, 3.05) is 44.8 Å². The Morgan fingerprint density at radius 1 is 1.06 bits per heavy atom. The van der Waals surface area contributed by atoms with Crippen molar-refractivity contribution in [2.45, 2.75) is 0 Å². The molecule has 1 aliphatic rings. The molecule has 0 saturated carbocycles. The van der Waals surface area contributed by atoms with Gasteiger partial charge in [-0.15, -0.1) is 0 Å². The van der Waals surface area contributed by atoms with Gasteiger partial charge in [-0.05, 0) is 36.4 Å². The van der Waals surface area contributed by atoms with Crippen molar-refractivity contribution in [1.29, 1.82) is 0 Å². The van der Waals surface area contributed by atoms with E-state index < -0.39 is 0 Å². The number of rotatable bonds is 7. The first-order valence-electron chi connectivity index (χ1n) is 11.0. The summed E-state index contributed by atoms with van der Waals surface area (Å²) in [4.78, 5) is 27.5. The van der Waals surface area contributed by atoms with Crippen molar-refractivity contribution < 1.29 is 14.3 Å². The van der Waals surface area contributed by atoms with E-state index >= 15 is 0 Å². The molecule has 2 aromatic heterocycles. The molecular weight excluding hydrogens is 418 g/mol. The van der Waals surface area contributed by atoms with Crippen LogP contribution in [0.3, 0.4) is 0 Å². The highest BCUT2D eigenvalue weighted by Crippen LogP contribution is 2.30. The third-order valence-corrected chi connectivity index (χ3v) is 5.57. The van der Waals surface area contributed by atoms with Gasteiger partial charge in [0.15, 0.2) is 0 Å². The van der Waals surface area contributed by atoms with E-state index in [1.807, 2.05) is 42.5 Å². The Morgan fingerprint density at radius 3 is 2.76 bits per heavy atom. The highest BCUT2D eigenvalue weighted by molar-refractivity contribution is 6.11. The maximum atomic E-state index is 12.9. The minimum Gasteiger partial charge on any atom is -0.491 e. The van der Waals surface area contributed by atoms with Crippen LogP contribution in [0.15, 0.2) is 66.9 Å². The van der Waals surface area contributed by atoms with Gasteiger partial charge < -0.3 is 19.8 Å². The van der Waals surface area contributed by atoms with Crippen molar-refractivity contribution >= 4 is 22.8 Å². The van der Waals surface area contributed by atoms with Gasteiger partial charge in [-0.25, -0.2) is 9.97 Å². The molecule has 1 fully saturated rings. The van der Waals surface area contributed by atoms with E-state index in [9.17, 15) is 4.79 Å². The van der Waals surface area contributed by atoms with E-state index in [1.165, 1.54) is 0 Å². The summed E-state index contributed by atoms with van der Waals surface area (Å²) in [6, 6.07) is 18.7. The molecule has 1 aliphatic heterocycles. The fourth-order valence-electron chi connectivity index (χ4n) is 3.86. The summed E-state index contributed by atoms with van der Waals surface area (Å²) in [6.07, 6.45) is 1.64. The van der Waals surface area contributed by atoms with Crippen LogP contribution in [0.1, 0.15) is 10.4 Å². The largest absolute Gasteiger partial charge is 0.491 e. The summed E-state index contributed by atoms with van der Waals surface area (Å²) >= 11 is 0. The van der Waals surface area contributed by atoms with E-state index in [1.54, 1.807) is 24.4 Å². The molecule has 0 bridgehead atoms. The average Bonchev–Trinajstić information content (AvgIpc) is 3.30. The zero-order valence-corrected chi connectivity index (χ0v) is 18.2. The number of morpholine rings is 1. The number of fused-ring (bicyclic) bond motifs is 1. The molecule has 0 unspecified atom stereocenters. The summed E-state index contributed by atoms with van der Waals surface area (Å²) in [6.45, 7) is 4.82. The highest BCUT2D eigenvalue weighted by atomic mass is 16.5. The Balaban J connectivity index is 1.37. The number of hydrogen-bond donors (Lipinski definition) is 2. The van der Waals surface area contributed by atoms with E-state index in [2.05, 4.69) is 20.2 Å². The predicted molar refractivity (Wildman–Crippen MR) is 126 cm³/mol. The average molecular weight is 444 g/mol. The molecule has 8 heteroatoms. The fourth-order valence-corrected chi connectivity index (χ4v) is 3.86. The number of nitrogens with one attached hydrogen (secondary N) is 2. The zero-order chi connectivity index (χ0) is 22.5. The second-order valence-corrected chi connectivity index (χ2v) is 7.75. The molecule has 5 rings (SSSR count). The number of imidazole rings is 1. The van der Waals surface area contributed by atoms with Crippen LogP contribution in [0.2, 0.25) is 0 Å². The van der Waals surface area contributed by atoms with Crippen molar-refractivity contribution in [2.24, 2.45) is 0 Å². The lowest BCUT2D eigenvalue weighted by Gasteiger charge is -2.26. The number of hydrogen-bond acceptors (Lipinski definition) is 6. The molecule has 2 aromatic carbocycles. The standard InChI is InChI=1S/C25H25N5O3/c31-25(28-22-10-3-4-11-26-22)19-7-5-8-20-23(19)29-24(27-20)18-6-1-2-9-21(18)33-17-14-30-12-15-32-16-13-30/h1-11H,12-17H2,(H,27,29)(H,26,28,31). The number of pyridine rings is 1. The number of H-pyrrole nitrogens is 1. The van der Waals surface area contributed by atoms with E-state index in [0.29, 0.717) is 29.3 Å². The topological polar surface area (TPSA) is 92.4 Å². The number of benzene rings is 2. The molecule has 4 aromatic rings. The number of aromatic amines is 1. The van der Waals surface area contributed by atoms with Crippen LogP contribution in [-0.4, -0.2) is 65.2 Å². The molecule has 0 aliphatic carbocycles. The van der Waals surface area contributed by atoms with Crippen LogP contribution in [-0.2, 0) is 4.74 Å². The third kappa shape index (κ3) is 4.87. The number of carbonyl (C=O) groups is 1. The van der Waals surface area contributed by atoms with Crippen LogP contribution >= 0.6 is 0 Å². The van der Waals surface area contributed by atoms with Crippen molar-refractivity contribution in [1.82, 2.24) is 19.9 Å². The molecule has 1 saturated heterocycles. The lowest BCUT2D eigenvalue weighted by Crippen LogP contribution is -2.38. The van der Waals surface area contributed by atoms with Crippen LogP contribution in [0, 0.1) is 0 Å². The van der Waals surface area contributed by atoms with E-state index in [4.69, 9.17) is 14.5 Å². The number of aromatic nitrogens is 3. The summed E-state index contributed by atoms with van der Waals surface area (Å²) in [5.74, 6) is 1.65. The van der Waals surface area contributed by atoms with Gasteiger partial charge in [0.1, 0.15) is 29.5 Å². The maximum absolute atomic E-state index is 12.9. The van der Waals surface area contributed by atoms with Gasteiger partial charge in [-0.2, -0.15) is 0 Å². The molecule has 2 N–H and O–H groups in total. The number of carbonyl (C=O) groups excluding carboxylic acids is 1. The second-order valence-electron chi connectivity index (χ2n) is 7.75. The van der Waals surface area contributed by atoms with Gasteiger partial charge in [0.2, 0.25) is 0 Å². The molecular formula is C25H25N5O3. The molecule has 1 amide bonds. The van der Waals surface area contributed by atoms with Crippen LogP contribution in [0.5, 0.6) is 5.75 Å². The number of para-hydroxylation sites is 2. The number of ether oxygens (including phenoxy) is 2. The smallest absolute Gasteiger partial charge is 0.259 e. The Bertz CT molecular complexity index is 1240. The first-order valence-corrected chi connectivity index (χ1v) is 11.0. The summed E-state index contributed by atoms with van der Waals surface area (Å²) in [7, 11) is 0. The molecule has 0 spiro atoms. The van der Waals surface area contributed by atoms with E-state index in [-0.39, 0.29) is 5.91 Å². The summed E-state index contributed by atoms with van der Waals surface area (Å²) in [5, 5.41) is 2.83. The molecule has 8 nitrogen and oxygen atoms in total. The summed E-state index contributed by atoms with van der Waals surface area (Å²) in [5.41, 5.74) is 2.71. The van der Waals surface area contributed by atoms with Gasteiger partial charge >= 0.3 is 0 Å². The van der Waals surface area contributed by atoms with Crippen molar-refractivity contribution in [3.63, 3.8) is 0 Å². The third-order valence-electron chi connectivity index (χ3n) is 5.57. The first-order chi connectivity index (χ1) is 16.3. The van der Waals surface area contributed by atoms with Gasteiger partial charge in [0.05, 0.1) is 29.9 Å². The maximum Gasteiger partial charge on any atom is 0.259 e. The normalized spacial score (nSPS) is 14.3. The van der Waals surface area contributed by atoms with Crippen molar-refractivity contribution in [3.8, 4) is 17.1 Å². The quantitative estimate of drug-likeness (QED) is 0.454. The highest BCUT2D eigenvalue weighted by Gasteiger charge is 2.17. The SMILES string of the molecule is O=C(Nc1ccccn1)c1cccc2[nH]c(-c3ccccc3OCCN3CCOCC3)nc12. The minimum absolute atomic E-state index is 0.257. The number of amides is 1. The lowest BCUT2D eigenvalue weighted by atomic mass is 10.1. The Labute approximate surface area is 191 Å². The molecule has 168 valence electrons. The lowest BCUT2D eigenvalue weighted by molar-refractivity contribution is 0.0323. The zero-order valence-electron chi connectivity index (χ0n) is 18.2. The summed E-state index contributed by atoms with van der Waals surface area (Å²) < 4.78 is 11.5. The number of anilines is 1. The van der Waals surface area contributed by atoms with Crippen molar-refractivity contribution in [3.05, 3.63) is 72.4 Å². The molecule has 0 atom stereocenters. The van der Waals surface area contributed by atoms with Gasteiger partial charge in [0, 0.05) is 25.8 Å². The van der Waals surface area contributed by atoms with Gasteiger partial charge in [0.25, 0.3) is 5.91 Å². The van der Waals surface area contributed by atoms with Crippen LogP contribution < -0.4 is 10.1 Å². The van der Waals surface area contributed by atoms with E-state index in [0.717, 1.165) is 49.7 Å². The second kappa shape index (κ2) is 9.81. The molecule has 3 heterocycles. The molecule has 0 radical (unpaired) electrons. The van der Waals surface area contributed by atoms with Gasteiger partial charge in [-0.3, -0.25) is 9.69 Å². The minimum atomic E-state index is -0.257. The fraction of sp³-hybridized carbons (Fsp3) is 0.240. The Hall–Kier alpha value is -3.75. The van der Waals surface area contributed by atoms with Gasteiger partial charge in [-0.1, -0.05) is 24.3 Å². The van der Waals surface area contributed by atoms with Crippen LogP contribution in [0.25, 0.3) is 22.4 Å². The van der Waals surface area contributed by atoms with Crippen LogP contribution in [0.4, 0.5) is 5.82 Å².